The van der Waals surface area contributed by atoms with E-state index in [1.54, 1.807) is 18.5 Å². The molecule has 1 aliphatic rings. The monoisotopic (exact) mass is 282 g/mol. The molecule has 2 aromatic rings. The molecule has 0 aromatic carbocycles. The summed E-state index contributed by atoms with van der Waals surface area (Å²) in [6.45, 7) is 4.10. The molecule has 5 nitrogen and oxygen atoms in total. The number of carbonyl (C=O) groups excluding carboxylic acids is 1. The lowest BCUT2D eigenvalue weighted by atomic mass is 10.2. The fourth-order valence-corrected chi connectivity index (χ4v) is 2.50. The molecule has 1 fully saturated rings. The van der Waals surface area contributed by atoms with Crippen molar-refractivity contribution in [1.82, 2.24) is 19.8 Å². The first-order valence-corrected chi connectivity index (χ1v) is 7.14. The minimum absolute atomic E-state index is 0.0700. The molecule has 0 unspecified atom stereocenters. The zero-order valence-electron chi connectivity index (χ0n) is 11.9. The third kappa shape index (κ3) is 3.44. The van der Waals surface area contributed by atoms with Gasteiger partial charge in [-0.05, 0) is 24.3 Å². The highest BCUT2D eigenvalue weighted by Gasteiger charge is 2.22. The summed E-state index contributed by atoms with van der Waals surface area (Å²) in [6, 6.07) is 9.58. The first-order valence-electron chi connectivity index (χ1n) is 7.14. The van der Waals surface area contributed by atoms with E-state index in [1.165, 1.54) is 0 Å². The van der Waals surface area contributed by atoms with Crippen LogP contribution in [0.5, 0.6) is 0 Å². The maximum Gasteiger partial charge on any atom is 0.255 e. The van der Waals surface area contributed by atoms with E-state index in [4.69, 9.17) is 0 Å². The third-order valence-electron chi connectivity index (χ3n) is 3.68. The van der Waals surface area contributed by atoms with Crippen LogP contribution >= 0.6 is 0 Å². The van der Waals surface area contributed by atoms with Crippen LogP contribution in [0.4, 0.5) is 0 Å². The molecule has 0 bridgehead atoms. The van der Waals surface area contributed by atoms with E-state index in [-0.39, 0.29) is 5.91 Å². The second-order valence-electron chi connectivity index (χ2n) is 5.13. The van der Waals surface area contributed by atoms with Gasteiger partial charge in [0, 0.05) is 51.3 Å². The topological polar surface area (TPSA) is 49.3 Å². The molecule has 1 aliphatic heterocycles. The van der Waals surface area contributed by atoms with Crippen LogP contribution < -0.4 is 0 Å². The minimum atomic E-state index is 0.0700. The van der Waals surface area contributed by atoms with Gasteiger partial charge in [-0.25, -0.2) is 0 Å². The number of carbonyl (C=O) groups is 1. The summed E-state index contributed by atoms with van der Waals surface area (Å²) < 4.78 is 0. The number of hydrogen-bond donors (Lipinski definition) is 0. The Bertz CT molecular complexity index is 580. The summed E-state index contributed by atoms with van der Waals surface area (Å²) in [6.07, 6.45) is 5.13. The molecule has 0 atom stereocenters. The Morgan fingerprint density at radius 3 is 2.57 bits per heavy atom. The average Bonchev–Trinajstić information content (AvgIpc) is 2.57. The van der Waals surface area contributed by atoms with Gasteiger partial charge in [-0.1, -0.05) is 6.07 Å². The molecule has 0 aliphatic carbocycles. The predicted octanol–water partition coefficient (Wildman–Crippen LogP) is 1.43. The van der Waals surface area contributed by atoms with Gasteiger partial charge in [0.25, 0.3) is 5.91 Å². The predicted molar refractivity (Wildman–Crippen MR) is 79.7 cm³/mol. The van der Waals surface area contributed by atoms with Gasteiger partial charge in [-0.2, -0.15) is 0 Å². The summed E-state index contributed by atoms with van der Waals surface area (Å²) in [4.78, 5) is 24.9. The van der Waals surface area contributed by atoms with Gasteiger partial charge in [-0.15, -0.1) is 0 Å². The zero-order chi connectivity index (χ0) is 14.5. The van der Waals surface area contributed by atoms with Gasteiger partial charge < -0.3 is 4.90 Å². The second-order valence-corrected chi connectivity index (χ2v) is 5.13. The van der Waals surface area contributed by atoms with Gasteiger partial charge in [0.2, 0.25) is 0 Å². The maximum absolute atomic E-state index is 12.3. The standard InChI is InChI=1S/C16H18N4O/c21-16(14-4-3-6-17-12-14)20-10-8-19(9-11-20)13-15-5-1-2-7-18-15/h1-7,12H,8-11,13H2. The number of aromatic nitrogens is 2. The molecule has 108 valence electrons. The lowest BCUT2D eigenvalue weighted by Gasteiger charge is -2.34. The Balaban J connectivity index is 1.54. The quantitative estimate of drug-likeness (QED) is 0.854. The summed E-state index contributed by atoms with van der Waals surface area (Å²) in [5.41, 5.74) is 1.74. The first kappa shape index (κ1) is 13.7. The van der Waals surface area contributed by atoms with Crippen LogP contribution in [0.3, 0.4) is 0 Å². The van der Waals surface area contributed by atoms with Crippen LogP contribution in [-0.4, -0.2) is 51.9 Å². The fraction of sp³-hybridized carbons (Fsp3) is 0.312. The molecule has 1 amide bonds. The number of hydrogen-bond acceptors (Lipinski definition) is 4. The van der Waals surface area contributed by atoms with Gasteiger partial charge in [0.05, 0.1) is 11.3 Å². The lowest BCUT2D eigenvalue weighted by Crippen LogP contribution is -2.48. The average molecular weight is 282 g/mol. The van der Waals surface area contributed by atoms with Crippen molar-refractivity contribution in [3.8, 4) is 0 Å². The van der Waals surface area contributed by atoms with E-state index >= 15 is 0 Å². The smallest absolute Gasteiger partial charge is 0.255 e. The SMILES string of the molecule is O=C(c1cccnc1)N1CCN(Cc2ccccn2)CC1. The highest BCUT2D eigenvalue weighted by Crippen LogP contribution is 2.10. The number of pyridine rings is 2. The number of nitrogens with zero attached hydrogens (tertiary/aromatic N) is 4. The molecule has 2 aromatic heterocycles. The van der Waals surface area contributed by atoms with Gasteiger partial charge in [-0.3, -0.25) is 19.7 Å². The summed E-state index contributed by atoms with van der Waals surface area (Å²) in [5.74, 6) is 0.0700. The summed E-state index contributed by atoms with van der Waals surface area (Å²) in [5, 5.41) is 0. The van der Waals surface area contributed by atoms with E-state index in [9.17, 15) is 4.79 Å². The Kier molecular flexibility index (Phi) is 4.21. The third-order valence-corrected chi connectivity index (χ3v) is 3.68. The molecule has 1 saturated heterocycles. The van der Waals surface area contributed by atoms with Gasteiger partial charge in [0.1, 0.15) is 0 Å². The number of rotatable bonds is 3. The highest BCUT2D eigenvalue weighted by molar-refractivity contribution is 5.93. The largest absolute Gasteiger partial charge is 0.336 e. The van der Waals surface area contributed by atoms with E-state index in [1.807, 2.05) is 35.4 Å². The van der Waals surface area contributed by atoms with Crippen LogP contribution in [-0.2, 0) is 6.54 Å². The second kappa shape index (κ2) is 6.45. The Morgan fingerprint density at radius 1 is 1.05 bits per heavy atom. The van der Waals surface area contributed by atoms with E-state index in [2.05, 4.69) is 14.9 Å². The van der Waals surface area contributed by atoms with E-state index in [0.29, 0.717) is 5.56 Å². The van der Waals surface area contributed by atoms with Crippen molar-refractivity contribution in [2.45, 2.75) is 6.54 Å². The van der Waals surface area contributed by atoms with Crippen LogP contribution in [0.2, 0.25) is 0 Å². The van der Waals surface area contributed by atoms with E-state index in [0.717, 1.165) is 38.4 Å². The molecule has 21 heavy (non-hydrogen) atoms. The fourth-order valence-electron chi connectivity index (χ4n) is 2.50. The summed E-state index contributed by atoms with van der Waals surface area (Å²) >= 11 is 0. The Labute approximate surface area is 124 Å². The van der Waals surface area contributed by atoms with Gasteiger partial charge >= 0.3 is 0 Å². The van der Waals surface area contributed by atoms with Crippen molar-refractivity contribution < 1.29 is 4.79 Å². The molecule has 3 heterocycles. The van der Waals surface area contributed by atoms with Crippen molar-refractivity contribution >= 4 is 5.91 Å². The lowest BCUT2D eigenvalue weighted by molar-refractivity contribution is 0.0626. The van der Waals surface area contributed by atoms with Crippen LogP contribution in [0.15, 0.2) is 48.9 Å². The highest BCUT2D eigenvalue weighted by atomic mass is 16.2. The van der Waals surface area contributed by atoms with Gasteiger partial charge in [0.15, 0.2) is 0 Å². The molecule has 0 saturated carbocycles. The van der Waals surface area contributed by atoms with Crippen molar-refractivity contribution in [2.75, 3.05) is 26.2 Å². The number of amides is 1. The molecule has 5 heteroatoms. The normalized spacial score (nSPS) is 15.9. The molecule has 0 spiro atoms. The van der Waals surface area contributed by atoms with Crippen LogP contribution in [0.25, 0.3) is 0 Å². The minimum Gasteiger partial charge on any atom is -0.336 e. The molecule has 0 radical (unpaired) electrons. The molecule has 0 N–H and O–H groups in total. The first-order chi connectivity index (χ1) is 10.3. The van der Waals surface area contributed by atoms with Crippen molar-refractivity contribution in [2.24, 2.45) is 0 Å². The van der Waals surface area contributed by atoms with Crippen molar-refractivity contribution in [3.05, 3.63) is 60.2 Å². The molecular weight excluding hydrogens is 264 g/mol. The Morgan fingerprint density at radius 2 is 1.90 bits per heavy atom. The van der Waals surface area contributed by atoms with Crippen LogP contribution in [0.1, 0.15) is 16.1 Å². The van der Waals surface area contributed by atoms with Crippen molar-refractivity contribution in [3.63, 3.8) is 0 Å². The summed E-state index contributed by atoms with van der Waals surface area (Å²) in [7, 11) is 0. The number of piperazine rings is 1. The van der Waals surface area contributed by atoms with Crippen molar-refractivity contribution in [1.29, 1.82) is 0 Å². The Hall–Kier alpha value is -2.27. The molecule has 3 rings (SSSR count). The maximum atomic E-state index is 12.3. The zero-order valence-corrected chi connectivity index (χ0v) is 11.9. The van der Waals surface area contributed by atoms with E-state index < -0.39 is 0 Å². The molecular formula is C16H18N4O. The van der Waals surface area contributed by atoms with Crippen LogP contribution in [0, 0.1) is 0 Å².